The van der Waals surface area contributed by atoms with Gasteiger partial charge in [-0.1, -0.05) is 19.9 Å². The van der Waals surface area contributed by atoms with E-state index >= 15 is 0 Å². The minimum absolute atomic E-state index is 0.0549. The Hall–Kier alpha value is -1.27. The van der Waals surface area contributed by atoms with Crippen LogP contribution in [0, 0.1) is 0 Å². The van der Waals surface area contributed by atoms with Gasteiger partial charge in [-0.05, 0) is 34.1 Å². The Balaban J connectivity index is 2.39. The number of carboxylic acids is 1. The standard InChI is InChI=1S/C14H15BrN2O2S/c1-8(2)20-13-5-4-9(6-10(13)15)12-7-11(14(18)19)16-17(12)3/h4-8H,1-3H3,(H,18,19). The minimum Gasteiger partial charge on any atom is -0.476 e. The summed E-state index contributed by atoms with van der Waals surface area (Å²) in [5, 5.41) is 13.5. The Morgan fingerprint density at radius 1 is 1.40 bits per heavy atom. The zero-order valence-electron chi connectivity index (χ0n) is 11.4. The van der Waals surface area contributed by atoms with Gasteiger partial charge in [0.1, 0.15) is 0 Å². The van der Waals surface area contributed by atoms with E-state index in [2.05, 4.69) is 34.9 Å². The number of hydrogen-bond acceptors (Lipinski definition) is 3. The van der Waals surface area contributed by atoms with Crippen LogP contribution in [0.15, 0.2) is 33.6 Å². The molecule has 0 aliphatic rings. The maximum absolute atomic E-state index is 11.0. The molecule has 4 nitrogen and oxygen atoms in total. The highest BCUT2D eigenvalue weighted by molar-refractivity contribution is 9.10. The fourth-order valence-electron chi connectivity index (χ4n) is 1.85. The zero-order chi connectivity index (χ0) is 14.9. The molecule has 0 fully saturated rings. The quantitative estimate of drug-likeness (QED) is 0.841. The third-order valence-electron chi connectivity index (χ3n) is 2.69. The fourth-order valence-corrected chi connectivity index (χ4v) is 3.34. The van der Waals surface area contributed by atoms with Crippen molar-refractivity contribution in [3.8, 4) is 11.3 Å². The van der Waals surface area contributed by atoms with Gasteiger partial charge in [-0.25, -0.2) is 4.79 Å². The Bertz CT molecular complexity index is 653. The van der Waals surface area contributed by atoms with Gasteiger partial charge in [0.2, 0.25) is 0 Å². The fraction of sp³-hybridized carbons (Fsp3) is 0.286. The molecule has 0 unspecified atom stereocenters. The Morgan fingerprint density at radius 2 is 2.10 bits per heavy atom. The molecule has 0 saturated carbocycles. The molecule has 2 aromatic rings. The van der Waals surface area contributed by atoms with Crippen LogP contribution in [0.5, 0.6) is 0 Å². The molecule has 0 spiro atoms. The van der Waals surface area contributed by atoms with Gasteiger partial charge in [0.25, 0.3) is 0 Å². The van der Waals surface area contributed by atoms with Gasteiger partial charge >= 0.3 is 5.97 Å². The van der Waals surface area contributed by atoms with Crippen LogP contribution in [0.4, 0.5) is 0 Å². The van der Waals surface area contributed by atoms with Crippen LogP contribution in [0.1, 0.15) is 24.3 Å². The van der Waals surface area contributed by atoms with Crippen molar-refractivity contribution in [3.63, 3.8) is 0 Å². The minimum atomic E-state index is -1.02. The van der Waals surface area contributed by atoms with E-state index in [0.717, 1.165) is 15.7 Å². The Labute approximate surface area is 130 Å². The summed E-state index contributed by atoms with van der Waals surface area (Å²) in [7, 11) is 1.74. The molecule has 0 radical (unpaired) electrons. The molecule has 1 aromatic heterocycles. The molecule has 0 aliphatic carbocycles. The lowest BCUT2D eigenvalue weighted by Gasteiger charge is -2.09. The van der Waals surface area contributed by atoms with E-state index in [1.54, 1.807) is 29.6 Å². The van der Waals surface area contributed by atoms with Crippen LogP contribution in [0.2, 0.25) is 0 Å². The van der Waals surface area contributed by atoms with E-state index < -0.39 is 5.97 Å². The van der Waals surface area contributed by atoms with Crippen molar-refractivity contribution < 1.29 is 9.90 Å². The molecule has 2 rings (SSSR count). The van der Waals surface area contributed by atoms with Gasteiger partial charge in [0.05, 0.1) is 5.69 Å². The topological polar surface area (TPSA) is 55.1 Å². The lowest BCUT2D eigenvalue weighted by Crippen LogP contribution is -1.99. The van der Waals surface area contributed by atoms with Gasteiger partial charge < -0.3 is 5.11 Å². The van der Waals surface area contributed by atoms with E-state index in [1.165, 1.54) is 4.90 Å². The highest BCUT2D eigenvalue weighted by Crippen LogP contribution is 2.34. The molecule has 1 heterocycles. The summed E-state index contributed by atoms with van der Waals surface area (Å²) < 4.78 is 2.59. The van der Waals surface area contributed by atoms with Crippen molar-refractivity contribution in [2.75, 3.05) is 0 Å². The van der Waals surface area contributed by atoms with E-state index in [-0.39, 0.29) is 5.69 Å². The van der Waals surface area contributed by atoms with Crippen molar-refractivity contribution in [1.29, 1.82) is 0 Å². The smallest absolute Gasteiger partial charge is 0.356 e. The average molecular weight is 355 g/mol. The summed E-state index contributed by atoms with van der Waals surface area (Å²) >= 11 is 5.35. The number of aromatic carboxylic acids is 1. The van der Waals surface area contributed by atoms with Crippen molar-refractivity contribution in [1.82, 2.24) is 9.78 Å². The largest absolute Gasteiger partial charge is 0.476 e. The molecule has 1 N–H and O–H groups in total. The average Bonchev–Trinajstić information content (AvgIpc) is 2.74. The third-order valence-corrected chi connectivity index (χ3v) is 4.69. The number of carbonyl (C=O) groups is 1. The predicted molar refractivity (Wildman–Crippen MR) is 84.3 cm³/mol. The van der Waals surface area contributed by atoms with Crippen molar-refractivity contribution in [2.24, 2.45) is 7.05 Å². The van der Waals surface area contributed by atoms with Crippen LogP contribution in [-0.4, -0.2) is 26.1 Å². The van der Waals surface area contributed by atoms with Crippen LogP contribution < -0.4 is 0 Å². The van der Waals surface area contributed by atoms with Gasteiger partial charge in [0, 0.05) is 27.2 Å². The lowest BCUT2D eigenvalue weighted by molar-refractivity contribution is 0.0689. The van der Waals surface area contributed by atoms with Crippen molar-refractivity contribution >= 4 is 33.7 Å². The van der Waals surface area contributed by atoms with E-state index in [1.807, 2.05) is 18.2 Å². The third kappa shape index (κ3) is 3.24. The first-order valence-corrected chi connectivity index (χ1v) is 7.79. The van der Waals surface area contributed by atoms with Gasteiger partial charge in [0.15, 0.2) is 5.69 Å². The maximum Gasteiger partial charge on any atom is 0.356 e. The number of rotatable bonds is 4. The summed E-state index contributed by atoms with van der Waals surface area (Å²) in [6, 6.07) is 7.60. The predicted octanol–water partition coefficient (Wildman–Crippen LogP) is 4.05. The van der Waals surface area contributed by atoms with Gasteiger partial charge in [-0.2, -0.15) is 5.10 Å². The summed E-state index contributed by atoms with van der Waals surface area (Å²) in [6.45, 7) is 4.29. The first-order valence-electron chi connectivity index (χ1n) is 6.12. The number of halogens is 1. The second-order valence-corrected chi connectivity index (χ2v) is 7.13. The molecule has 20 heavy (non-hydrogen) atoms. The first kappa shape index (κ1) is 15.1. The molecule has 0 aliphatic heterocycles. The van der Waals surface area contributed by atoms with Gasteiger partial charge in [-0.15, -0.1) is 11.8 Å². The second-order valence-electron chi connectivity index (χ2n) is 4.66. The van der Waals surface area contributed by atoms with E-state index in [9.17, 15) is 4.79 Å². The SMILES string of the molecule is CC(C)Sc1ccc(-c2cc(C(=O)O)nn2C)cc1Br. The molecule has 0 atom stereocenters. The van der Waals surface area contributed by atoms with Crippen LogP contribution >= 0.6 is 27.7 Å². The van der Waals surface area contributed by atoms with E-state index in [0.29, 0.717) is 5.25 Å². The summed E-state index contributed by atoms with van der Waals surface area (Å²) in [4.78, 5) is 12.1. The highest BCUT2D eigenvalue weighted by Gasteiger charge is 2.13. The number of hydrogen-bond donors (Lipinski definition) is 1. The van der Waals surface area contributed by atoms with Crippen LogP contribution in [-0.2, 0) is 7.05 Å². The number of aromatic nitrogens is 2. The lowest BCUT2D eigenvalue weighted by atomic mass is 10.1. The number of aryl methyl sites for hydroxylation is 1. The maximum atomic E-state index is 11.0. The Morgan fingerprint density at radius 3 is 2.60 bits per heavy atom. The number of carboxylic acid groups (broad SMARTS) is 1. The molecule has 6 heteroatoms. The number of benzene rings is 1. The molecule has 106 valence electrons. The normalized spacial score (nSPS) is 11.1. The molecule has 0 bridgehead atoms. The molecule has 1 aromatic carbocycles. The van der Waals surface area contributed by atoms with Crippen LogP contribution in [0.25, 0.3) is 11.3 Å². The van der Waals surface area contributed by atoms with E-state index in [4.69, 9.17) is 5.11 Å². The first-order chi connectivity index (χ1) is 9.38. The molecule has 0 amide bonds. The number of nitrogens with zero attached hydrogens (tertiary/aromatic N) is 2. The molecule has 0 saturated heterocycles. The van der Waals surface area contributed by atoms with Gasteiger partial charge in [-0.3, -0.25) is 4.68 Å². The van der Waals surface area contributed by atoms with Crippen molar-refractivity contribution in [3.05, 3.63) is 34.4 Å². The second kappa shape index (κ2) is 6.01. The summed E-state index contributed by atoms with van der Waals surface area (Å²) in [5.41, 5.74) is 1.77. The van der Waals surface area contributed by atoms with Crippen molar-refractivity contribution in [2.45, 2.75) is 24.0 Å². The monoisotopic (exact) mass is 354 g/mol. The summed E-state index contributed by atoms with van der Waals surface area (Å²) in [6.07, 6.45) is 0. The Kier molecular flexibility index (Phi) is 4.55. The summed E-state index contributed by atoms with van der Waals surface area (Å²) in [5.74, 6) is -1.02. The highest BCUT2D eigenvalue weighted by atomic mass is 79.9. The van der Waals surface area contributed by atoms with Crippen LogP contribution in [0.3, 0.4) is 0 Å². The molecular weight excluding hydrogens is 340 g/mol. The zero-order valence-corrected chi connectivity index (χ0v) is 13.8. The number of thioether (sulfide) groups is 1. The molecular formula is C14H15BrN2O2S.